The number of rotatable bonds is 1. The Bertz CT molecular complexity index is 145. The molecule has 1 heterocycles. The van der Waals surface area contributed by atoms with E-state index in [0.717, 1.165) is 0 Å². The number of aliphatic hydroxyl groups is 1. The predicted octanol–water partition coefficient (Wildman–Crippen LogP) is 0.782. The molecule has 0 aromatic carbocycles. The molecule has 0 amide bonds. The Balaban J connectivity index is 2.72. The summed E-state index contributed by atoms with van der Waals surface area (Å²) in [6.07, 6.45) is -0.718. The summed E-state index contributed by atoms with van der Waals surface area (Å²) >= 11 is 0. The summed E-state index contributed by atoms with van der Waals surface area (Å²) in [4.78, 5) is 1.97. The lowest BCUT2D eigenvalue weighted by Gasteiger charge is -2.34. The summed E-state index contributed by atoms with van der Waals surface area (Å²) in [5.74, 6) is 0. The van der Waals surface area contributed by atoms with Crippen molar-refractivity contribution in [3.05, 3.63) is 0 Å². The lowest BCUT2D eigenvalue weighted by molar-refractivity contribution is -0.149. The molecule has 0 aliphatic carbocycles. The van der Waals surface area contributed by atoms with Crippen molar-refractivity contribution in [3.63, 3.8) is 0 Å². The van der Waals surface area contributed by atoms with Gasteiger partial charge >= 0.3 is 0 Å². The summed E-state index contributed by atoms with van der Waals surface area (Å²) in [5, 5.41) is 9.40. The van der Waals surface area contributed by atoms with E-state index in [1.54, 1.807) is 0 Å². The number of ether oxygens (including phenoxy) is 1. The summed E-state index contributed by atoms with van der Waals surface area (Å²) in [6.45, 7) is 8.86. The quantitative estimate of drug-likeness (QED) is 0.613. The largest absolute Gasteiger partial charge is 0.356 e. The first-order chi connectivity index (χ1) is 4.95. The van der Waals surface area contributed by atoms with Gasteiger partial charge in [-0.15, -0.1) is 0 Å². The molecule has 0 aromatic heterocycles. The SMILES string of the molecule is CC(C)N1C(O)OCC1(C)C. The molecule has 3 nitrogen and oxygen atoms in total. The van der Waals surface area contributed by atoms with E-state index in [0.29, 0.717) is 12.6 Å². The van der Waals surface area contributed by atoms with Gasteiger partial charge in [0.2, 0.25) is 6.41 Å². The molecule has 1 rings (SSSR count). The van der Waals surface area contributed by atoms with Crippen LogP contribution in [-0.2, 0) is 4.74 Å². The first kappa shape index (κ1) is 8.97. The first-order valence-electron chi connectivity index (χ1n) is 4.03. The maximum absolute atomic E-state index is 9.40. The number of nitrogens with zero attached hydrogens (tertiary/aromatic N) is 1. The average Bonchev–Trinajstić information content (AvgIpc) is 2.06. The Morgan fingerprint density at radius 3 is 2.27 bits per heavy atom. The summed E-state index contributed by atoms with van der Waals surface area (Å²) in [6, 6.07) is 0.322. The third-order valence-corrected chi connectivity index (χ3v) is 2.08. The molecular weight excluding hydrogens is 142 g/mol. The first-order valence-corrected chi connectivity index (χ1v) is 4.03. The van der Waals surface area contributed by atoms with Crippen LogP contribution in [0.4, 0.5) is 0 Å². The number of hydrogen-bond acceptors (Lipinski definition) is 3. The normalized spacial score (nSPS) is 31.6. The Kier molecular flexibility index (Phi) is 2.23. The van der Waals surface area contributed by atoms with Gasteiger partial charge in [-0.05, 0) is 27.7 Å². The van der Waals surface area contributed by atoms with Crippen molar-refractivity contribution in [1.29, 1.82) is 0 Å². The molecular formula is C8H17NO2. The summed E-state index contributed by atoms with van der Waals surface area (Å²) in [5.41, 5.74) is -0.0341. The van der Waals surface area contributed by atoms with Gasteiger partial charge < -0.3 is 9.84 Å². The maximum atomic E-state index is 9.40. The van der Waals surface area contributed by atoms with Crippen molar-refractivity contribution in [1.82, 2.24) is 4.90 Å². The minimum atomic E-state index is -0.718. The van der Waals surface area contributed by atoms with E-state index in [1.165, 1.54) is 0 Å². The second kappa shape index (κ2) is 2.73. The van der Waals surface area contributed by atoms with Gasteiger partial charge in [-0.2, -0.15) is 0 Å². The van der Waals surface area contributed by atoms with Crippen LogP contribution < -0.4 is 0 Å². The minimum Gasteiger partial charge on any atom is -0.356 e. The van der Waals surface area contributed by atoms with E-state index < -0.39 is 6.41 Å². The fourth-order valence-corrected chi connectivity index (χ4v) is 1.69. The molecule has 0 saturated carbocycles. The summed E-state index contributed by atoms with van der Waals surface area (Å²) in [7, 11) is 0. The van der Waals surface area contributed by atoms with Crippen LogP contribution in [-0.4, -0.2) is 34.6 Å². The van der Waals surface area contributed by atoms with Crippen molar-refractivity contribution in [2.24, 2.45) is 0 Å². The molecule has 1 aliphatic heterocycles. The van der Waals surface area contributed by atoms with E-state index in [2.05, 4.69) is 27.7 Å². The third kappa shape index (κ3) is 1.55. The standard InChI is InChI=1S/C8H17NO2/c1-6(2)9-7(10)11-5-8(9,3)4/h6-7,10H,5H2,1-4H3. The fourth-order valence-electron chi connectivity index (χ4n) is 1.69. The van der Waals surface area contributed by atoms with Gasteiger partial charge in [0, 0.05) is 11.6 Å². The highest BCUT2D eigenvalue weighted by Gasteiger charge is 2.40. The molecule has 1 saturated heterocycles. The van der Waals surface area contributed by atoms with Crippen molar-refractivity contribution < 1.29 is 9.84 Å². The molecule has 0 bridgehead atoms. The van der Waals surface area contributed by atoms with Crippen LogP contribution >= 0.6 is 0 Å². The van der Waals surface area contributed by atoms with Crippen LogP contribution in [0.25, 0.3) is 0 Å². The second-order valence-corrected chi connectivity index (χ2v) is 3.95. The molecule has 0 spiro atoms. The van der Waals surface area contributed by atoms with Crippen LogP contribution in [0.15, 0.2) is 0 Å². The van der Waals surface area contributed by atoms with E-state index in [-0.39, 0.29) is 5.54 Å². The van der Waals surface area contributed by atoms with Crippen molar-refractivity contribution in [2.75, 3.05) is 6.61 Å². The summed E-state index contributed by atoms with van der Waals surface area (Å²) < 4.78 is 5.12. The zero-order valence-corrected chi connectivity index (χ0v) is 7.66. The molecule has 66 valence electrons. The third-order valence-electron chi connectivity index (χ3n) is 2.08. The highest BCUT2D eigenvalue weighted by Crippen LogP contribution is 2.27. The van der Waals surface area contributed by atoms with E-state index in [4.69, 9.17) is 4.74 Å². The monoisotopic (exact) mass is 159 g/mol. The lowest BCUT2D eigenvalue weighted by atomic mass is 10.0. The van der Waals surface area contributed by atoms with Crippen molar-refractivity contribution >= 4 is 0 Å². The van der Waals surface area contributed by atoms with Crippen LogP contribution in [0.2, 0.25) is 0 Å². The molecule has 1 fully saturated rings. The average molecular weight is 159 g/mol. The molecule has 0 aromatic rings. The minimum absolute atomic E-state index is 0.0341. The molecule has 3 heteroatoms. The van der Waals surface area contributed by atoms with Crippen LogP contribution in [0, 0.1) is 0 Å². The zero-order valence-electron chi connectivity index (χ0n) is 7.66. The van der Waals surface area contributed by atoms with Gasteiger partial charge in [0.05, 0.1) is 6.61 Å². The fraction of sp³-hybridized carbons (Fsp3) is 1.00. The topological polar surface area (TPSA) is 32.7 Å². The van der Waals surface area contributed by atoms with E-state index >= 15 is 0 Å². The van der Waals surface area contributed by atoms with Crippen molar-refractivity contribution in [2.45, 2.75) is 45.7 Å². The van der Waals surface area contributed by atoms with Crippen LogP contribution in [0.3, 0.4) is 0 Å². The highest BCUT2D eigenvalue weighted by molar-refractivity contribution is 4.87. The number of aliphatic hydroxyl groups excluding tert-OH is 1. The maximum Gasteiger partial charge on any atom is 0.216 e. The van der Waals surface area contributed by atoms with Gasteiger partial charge in [-0.25, -0.2) is 4.90 Å². The van der Waals surface area contributed by atoms with Gasteiger partial charge in [0.25, 0.3) is 0 Å². The van der Waals surface area contributed by atoms with Gasteiger partial charge in [0.15, 0.2) is 0 Å². The Morgan fingerprint density at radius 1 is 1.55 bits per heavy atom. The van der Waals surface area contributed by atoms with Gasteiger partial charge in [-0.3, -0.25) is 0 Å². The molecule has 11 heavy (non-hydrogen) atoms. The smallest absolute Gasteiger partial charge is 0.216 e. The molecule has 1 atom stereocenters. The molecule has 0 radical (unpaired) electrons. The van der Waals surface area contributed by atoms with E-state index in [1.807, 2.05) is 4.90 Å². The predicted molar refractivity (Wildman–Crippen MR) is 43.0 cm³/mol. The van der Waals surface area contributed by atoms with Gasteiger partial charge in [0.1, 0.15) is 0 Å². The molecule has 1 N–H and O–H groups in total. The Hall–Kier alpha value is -0.120. The molecule has 1 aliphatic rings. The van der Waals surface area contributed by atoms with Crippen molar-refractivity contribution in [3.8, 4) is 0 Å². The zero-order chi connectivity index (χ0) is 8.65. The Labute approximate surface area is 68.0 Å². The van der Waals surface area contributed by atoms with E-state index in [9.17, 15) is 5.11 Å². The second-order valence-electron chi connectivity index (χ2n) is 3.95. The lowest BCUT2D eigenvalue weighted by Crippen LogP contribution is -2.48. The van der Waals surface area contributed by atoms with Gasteiger partial charge in [-0.1, -0.05) is 0 Å². The van der Waals surface area contributed by atoms with Crippen LogP contribution in [0.1, 0.15) is 27.7 Å². The molecule has 1 unspecified atom stereocenters. The Morgan fingerprint density at radius 2 is 2.09 bits per heavy atom. The van der Waals surface area contributed by atoms with Crippen LogP contribution in [0.5, 0.6) is 0 Å². The highest BCUT2D eigenvalue weighted by atomic mass is 16.6. The number of hydrogen-bond donors (Lipinski definition) is 1.